The predicted octanol–water partition coefficient (Wildman–Crippen LogP) is 1.56. The Hall–Kier alpha value is -2.96. The summed E-state index contributed by atoms with van der Waals surface area (Å²) in [5.41, 5.74) is 2.19. The van der Waals surface area contributed by atoms with Gasteiger partial charge in [-0.15, -0.1) is 10.2 Å². The van der Waals surface area contributed by atoms with E-state index in [1.54, 1.807) is 4.90 Å². The Morgan fingerprint density at radius 2 is 2.00 bits per heavy atom. The van der Waals surface area contributed by atoms with Gasteiger partial charge in [0.25, 0.3) is 5.91 Å². The molecule has 3 aliphatic heterocycles. The lowest BCUT2D eigenvalue weighted by Crippen LogP contribution is -2.43. The number of piperidine rings is 1. The maximum atomic E-state index is 13.0. The van der Waals surface area contributed by atoms with E-state index in [1.807, 2.05) is 55.4 Å². The fourth-order valence-corrected chi connectivity index (χ4v) is 3.72. The summed E-state index contributed by atoms with van der Waals surface area (Å²) >= 11 is 0. The van der Waals surface area contributed by atoms with Crippen LogP contribution in [0, 0.1) is 5.92 Å². The summed E-state index contributed by atoms with van der Waals surface area (Å²) in [5, 5.41) is 11.5. The molecule has 27 heavy (non-hydrogen) atoms. The van der Waals surface area contributed by atoms with Crippen molar-refractivity contribution in [1.82, 2.24) is 20.4 Å². The van der Waals surface area contributed by atoms with Crippen LogP contribution in [0.15, 0.2) is 36.4 Å². The summed E-state index contributed by atoms with van der Waals surface area (Å²) in [6, 6.07) is 11.3. The Morgan fingerprint density at radius 3 is 2.70 bits per heavy atom. The molecule has 2 amide bonds. The average Bonchev–Trinajstić information content (AvgIpc) is 2.99. The van der Waals surface area contributed by atoms with Gasteiger partial charge in [0.2, 0.25) is 5.91 Å². The van der Waals surface area contributed by atoms with Crippen LogP contribution in [-0.4, -0.2) is 60.1 Å². The first kappa shape index (κ1) is 17.5. The van der Waals surface area contributed by atoms with Crippen LogP contribution in [-0.2, 0) is 4.79 Å². The van der Waals surface area contributed by atoms with Crippen molar-refractivity contribution in [2.75, 3.05) is 32.1 Å². The van der Waals surface area contributed by atoms with Crippen molar-refractivity contribution in [3.8, 4) is 11.3 Å². The molecule has 140 valence electrons. The molecule has 5 rings (SSSR count). The second-order valence-corrected chi connectivity index (χ2v) is 7.44. The number of hydrogen-bond acceptors (Lipinski definition) is 5. The van der Waals surface area contributed by atoms with Gasteiger partial charge in [0.15, 0.2) is 5.82 Å². The molecule has 0 spiro atoms. The number of nitrogens with one attached hydrogen (secondary N) is 1. The summed E-state index contributed by atoms with van der Waals surface area (Å²) in [4.78, 5) is 28.8. The first-order chi connectivity index (χ1) is 13.0. The molecule has 7 heteroatoms. The highest BCUT2D eigenvalue weighted by Crippen LogP contribution is 2.25. The smallest absolute Gasteiger partial charge is 0.253 e. The third kappa shape index (κ3) is 3.49. The number of amides is 2. The minimum absolute atomic E-state index is 0.0388. The van der Waals surface area contributed by atoms with Crippen LogP contribution in [0.3, 0.4) is 0 Å². The zero-order chi connectivity index (χ0) is 19.0. The highest BCUT2D eigenvalue weighted by atomic mass is 16.2. The van der Waals surface area contributed by atoms with E-state index in [0.29, 0.717) is 18.7 Å². The van der Waals surface area contributed by atoms with E-state index >= 15 is 0 Å². The first-order valence-corrected chi connectivity index (χ1v) is 9.22. The molecule has 1 N–H and O–H groups in total. The van der Waals surface area contributed by atoms with Gasteiger partial charge in [-0.25, -0.2) is 0 Å². The van der Waals surface area contributed by atoms with Crippen LogP contribution in [0.25, 0.3) is 11.3 Å². The molecule has 1 aromatic heterocycles. The van der Waals surface area contributed by atoms with Gasteiger partial charge in [-0.05, 0) is 37.1 Å². The van der Waals surface area contributed by atoms with Gasteiger partial charge in [-0.2, -0.15) is 0 Å². The Morgan fingerprint density at radius 1 is 1.15 bits per heavy atom. The van der Waals surface area contributed by atoms with Crippen LogP contribution < -0.4 is 10.2 Å². The Balaban J connectivity index is 1.57. The molecule has 0 radical (unpaired) electrons. The van der Waals surface area contributed by atoms with Crippen molar-refractivity contribution in [3.05, 3.63) is 42.0 Å². The second kappa shape index (κ2) is 6.98. The largest absolute Gasteiger partial charge is 0.361 e. The van der Waals surface area contributed by atoms with E-state index < -0.39 is 0 Å². The Kier molecular flexibility index (Phi) is 4.51. The standard InChI is InChI=1S/C20H23N5O2/c1-24(2)18-9-8-17(22-23-18)13-4-3-5-14(10-13)20(27)25-11-15-6-7-16(12-25)21-19(15)26/h3-5,8-10,15-16H,6-7,11-12H2,1-2H3,(H,21,26)/t15-,16+/m1/s1. The quantitative estimate of drug-likeness (QED) is 0.893. The summed E-state index contributed by atoms with van der Waals surface area (Å²) < 4.78 is 0. The molecule has 2 atom stereocenters. The zero-order valence-corrected chi connectivity index (χ0v) is 15.6. The lowest BCUT2D eigenvalue weighted by atomic mass is 9.96. The summed E-state index contributed by atoms with van der Waals surface area (Å²) in [5.74, 6) is 0.721. The van der Waals surface area contributed by atoms with Gasteiger partial charge in [-0.1, -0.05) is 12.1 Å². The monoisotopic (exact) mass is 365 g/mol. The molecule has 2 bridgehead atoms. The predicted molar refractivity (Wildman–Crippen MR) is 102 cm³/mol. The van der Waals surface area contributed by atoms with Gasteiger partial charge in [-0.3, -0.25) is 9.59 Å². The van der Waals surface area contributed by atoms with Crippen LogP contribution in [0.2, 0.25) is 0 Å². The number of carbonyl (C=O) groups is 2. The van der Waals surface area contributed by atoms with Gasteiger partial charge in [0, 0.05) is 44.4 Å². The van der Waals surface area contributed by atoms with Crippen LogP contribution in [0.4, 0.5) is 5.82 Å². The number of carbonyl (C=O) groups excluding carboxylic acids is 2. The fraction of sp³-hybridized carbons (Fsp3) is 0.400. The molecule has 4 heterocycles. The van der Waals surface area contributed by atoms with Gasteiger partial charge >= 0.3 is 0 Å². The van der Waals surface area contributed by atoms with Gasteiger partial charge in [0.1, 0.15) is 0 Å². The lowest BCUT2D eigenvalue weighted by Gasteiger charge is -2.23. The minimum Gasteiger partial charge on any atom is -0.361 e. The molecule has 0 aliphatic carbocycles. The molecule has 0 saturated carbocycles. The molecule has 3 fully saturated rings. The molecule has 0 unspecified atom stereocenters. The molecule has 1 aromatic carbocycles. The highest BCUT2D eigenvalue weighted by Gasteiger charge is 2.36. The normalized spacial score (nSPS) is 21.6. The van der Waals surface area contributed by atoms with E-state index in [4.69, 9.17) is 0 Å². The number of nitrogens with zero attached hydrogens (tertiary/aromatic N) is 4. The van der Waals surface area contributed by atoms with Crippen LogP contribution in [0.5, 0.6) is 0 Å². The summed E-state index contributed by atoms with van der Waals surface area (Å²) in [7, 11) is 3.83. The van der Waals surface area contributed by atoms with E-state index in [9.17, 15) is 9.59 Å². The van der Waals surface area contributed by atoms with E-state index in [0.717, 1.165) is 29.9 Å². The molecule has 3 aliphatic rings. The van der Waals surface area contributed by atoms with E-state index in [2.05, 4.69) is 15.5 Å². The van der Waals surface area contributed by atoms with Crippen molar-refractivity contribution in [3.63, 3.8) is 0 Å². The highest BCUT2D eigenvalue weighted by molar-refractivity contribution is 5.96. The van der Waals surface area contributed by atoms with Crippen molar-refractivity contribution >= 4 is 17.6 Å². The molecular formula is C20H23N5O2. The molecular weight excluding hydrogens is 342 g/mol. The zero-order valence-electron chi connectivity index (χ0n) is 15.6. The maximum absolute atomic E-state index is 13.0. The number of anilines is 1. The van der Waals surface area contributed by atoms with Crippen LogP contribution in [0.1, 0.15) is 23.2 Å². The molecule has 7 nitrogen and oxygen atoms in total. The lowest BCUT2D eigenvalue weighted by molar-refractivity contribution is -0.126. The van der Waals surface area contributed by atoms with Gasteiger partial charge in [0.05, 0.1) is 11.6 Å². The average molecular weight is 365 g/mol. The van der Waals surface area contributed by atoms with Crippen molar-refractivity contribution < 1.29 is 9.59 Å². The number of fused-ring (bicyclic) bond motifs is 4. The summed E-state index contributed by atoms with van der Waals surface area (Å²) in [6.45, 7) is 1.06. The van der Waals surface area contributed by atoms with Crippen molar-refractivity contribution in [1.29, 1.82) is 0 Å². The maximum Gasteiger partial charge on any atom is 0.253 e. The number of hydrogen-bond donors (Lipinski definition) is 1. The Labute approximate surface area is 158 Å². The molecule has 2 aromatic rings. The third-order valence-corrected chi connectivity index (χ3v) is 5.26. The first-order valence-electron chi connectivity index (χ1n) is 9.22. The second-order valence-electron chi connectivity index (χ2n) is 7.44. The van der Waals surface area contributed by atoms with E-state index in [1.165, 1.54) is 0 Å². The van der Waals surface area contributed by atoms with Crippen molar-refractivity contribution in [2.24, 2.45) is 5.92 Å². The van der Waals surface area contributed by atoms with Crippen molar-refractivity contribution in [2.45, 2.75) is 18.9 Å². The van der Waals surface area contributed by atoms with Gasteiger partial charge < -0.3 is 15.1 Å². The minimum atomic E-state index is -0.0969. The van der Waals surface area contributed by atoms with Crippen LogP contribution >= 0.6 is 0 Å². The summed E-state index contributed by atoms with van der Waals surface area (Å²) in [6.07, 6.45) is 1.79. The topological polar surface area (TPSA) is 78.4 Å². The number of benzene rings is 1. The number of rotatable bonds is 3. The fourth-order valence-electron chi connectivity index (χ4n) is 3.72. The molecule has 3 saturated heterocycles. The number of aromatic nitrogens is 2. The Bertz CT molecular complexity index is 865. The third-order valence-electron chi connectivity index (χ3n) is 5.26. The SMILES string of the molecule is CN(C)c1ccc(-c2cccc(C(=O)N3C[C@@H]4CC[C@H](C3)C(=O)N4)c2)nn1. The van der Waals surface area contributed by atoms with E-state index in [-0.39, 0.29) is 23.8 Å².